The van der Waals surface area contributed by atoms with Crippen molar-refractivity contribution in [3.05, 3.63) is 71.4 Å². The van der Waals surface area contributed by atoms with Gasteiger partial charge in [0.1, 0.15) is 41.0 Å². The van der Waals surface area contributed by atoms with Crippen LogP contribution in [0.5, 0.6) is 5.75 Å². The maximum atomic E-state index is 14.8. The van der Waals surface area contributed by atoms with Gasteiger partial charge in [-0.05, 0) is 38.8 Å². The van der Waals surface area contributed by atoms with E-state index in [4.69, 9.17) is 9.84 Å². The highest BCUT2D eigenvalue weighted by Crippen LogP contribution is 2.43. The van der Waals surface area contributed by atoms with E-state index in [2.05, 4.69) is 25.3 Å². The number of aromatic nitrogens is 6. The minimum Gasteiger partial charge on any atom is -0.494 e. The molecule has 0 spiro atoms. The second-order valence-electron chi connectivity index (χ2n) is 8.07. The quantitative estimate of drug-likeness (QED) is 0.402. The van der Waals surface area contributed by atoms with Crippen LogP contribution in [0.15, 0.2) is 43.0 Å². The van der Waals surface area contributed by atoms with Crippen molar-refractivity contribution in [2.45, 2.75) is 39.2 Å². The Morgan fingerprint density at radius 1 is 1.09 bits per heavy atom. The maximum Gasteiger partial charge on any atom is 0.182 e. The van der Waals surface area contributed by atoms with E-state index in [-0.39, 0.29) is 17.9 Å². The van der Waals surface area contributed by atoms with Crippen LogP contribution in [-0.4, -0.2) is 36.3 Å². The van der Waals surface area contributed by atoms with Crippen LogP contribution in [-0.2, 0) is 6.54 Å². The molecule has 34 heavy (non-hydrogen) atoms. The number of hydrogen-bond acceptors (Lipinski definition) is 7. The van der Waals surface area contributed by atoms with Gasteiger partial charge in [0.05, 0.1) is 13.2 Å². The van der Waals surface area contributed by atoms with Crippen LogP contribution in [0.4, 0.5) is 20.4 Å². The van der Waals surface area contributed by atoms with Gasteiger partial charge in [-0.25, -0.2) is 28.7 Å². The van der Waals surface area contributed by atoms with Crippen LogP contribution in [0.1, 0.15) is 42.5 Å². The molecule has 3 aromatic heterocycles. The molecule has 10 heteroatoms. The number of rotatable bonds is 8. The Labute approximate surface area is 195 Å². The van der Waals surface area contributed by atoms with Gasteiger partial charge in [0.15, 0.2) is 5.82 Å². The van der Waals surface area contributed by atoms with E-state index in [1.165, 1.54) is 18.5 Å². The summed E-state index contributed by atoms with van der Waals surface area (Å²) in [5.41, 5.74) is 2.40. The first kappa shape index (κ1) is 21.9. The third kappa shape index (κ3) is 4.43. The smallest absolute Gasteiger partial charge is 0.182 e. The summed E-state index contributed by atoms with van der Waals surface area (Å²) in [5, 5.41) is 7.81. The van der Waals surface area contributed by atoms with Crippen molar-refractivity contribution in [2.24, 2.45) is 0 Å². The zero-order valence-electron chi connectivity index (χ0n) is 18.8. The van der Waals surface area contributed by atoms with E-state index in [0.29, 0.717) is 35.7 Å². The highest BCUT2D eigenvalue weighted by Gasteiger charge is 2.32. The van der Waals surface area contributed by atoms with E-state index in [0.717, 1.165) is 24.1 Å². The predicted octanol–water partition coefficient (Wildman–Crippen LogP) is 4.78. The Bertz CT molecular complexity index is 1300. The van der Waals surface area contributed by atoms with Crippen molar-refractivity contribution >= 4 is 11.6 Å². The van der Waals surface area contributed by atoms with Gasteiger partial charge < -0.3 is 10.1 Å². The standard InChI is InChI=1S/C24H23F2N7O/c1-3-34-16-10-18(25)17(19(26)11-16)12-33-23(15-4-5-15)14(2)22(32-33)24-28-9-7-21(31-24)30-20-6-8-27-13-29-20/h6-11,13,15H,3-5,12H2,1-2H3,(H,27,28,29,30,31). The summed E-state index contributed by atoms with van der Waals surface area (Å²) < 4.78 is 36.4. The molecule has 0 radical (unpaired) electrons. The normalized spacial score (nSPS) is 13.2. The number of anilines is 2. The number of nitrogens with one attached hydrogen (secondary N) is 1. The van der Waals surface area contributed by atoms with E-state index >= 15 is 0 Å². The highest BCUT2D eigenvalue weighted by molar-refractivity contribution is 5.60. The SMILES string of the molecule is CCOc1cc(F)c(Cn2nc(-c3nccc(Nc4ccncn4)n3)c(C)c2C2CC2)c(F)c1. The fraction of sp³-hybridized carbons (Fsp3) is 0.292. The molecule has 1 aliphatic carbocycles. The molecule has 1 N–H and O–H groups in total. The van der Waals surface area contributed by atoms with Crippen molar-refractivity contribution in [1.82, 2.24) is 29.7 Å². The number of nitrogens with zero attached hydrogens (tertiary/aromatic N) is 6. The molecule has 0 amide bonds. The molecule has 3 heterocycles. The van der Waals surface area contributed by atoms with E-state index < -0.39 is 11.6 Å². The Morgan fingerprint density at radius 3 is 2.53 bits per heavy atom. The van der Waals surface area contributed by atoms with Gasteiger partial charge in [0.2, 0.25) is 0 Å². The minimum absolute atomic E-state index is 0.0321. The summed E-state index contributed by atoms with van der Waals surface area (Å²) in [6.07, 6.45) is 6.72. The number of benzene rings is 1. The molecule has 174 valence electrons. The van der Waals surface area contributed by atoms with Gasteiger partial charge in [-0.1, -0.05) is 0 Å². The second kappa shape index (κ2) is 9.12. The van der Waals surface area contributed by atoms with Crippen molar-refractivity contribution < 1.29 is 13.5 Å². The average Bonchev–Trinajstić information content (AvgIpc) is 3.60. The lowest BCUT2D eigenvalue weighted by atomic mass is 10.1. The summed E-state index contributed by atoms with van der Waals surface area (Å²) in [4.78, 5) is 17.0. The molecule has 0 atom stereocenters. The van der Waals surface area contributed by atoms with Crippen LogP contribution >= 0.6 is 0 Å². The summed E-state index contributed by atoms with van der Waals surface area (Å²) in [5.74, 6) is 0.722. The Hall–Kier alpha value is -3.95. The van der Waals surface area contributed by atoms with Gasteiger partial charge in [0, 0.05) is 47.3 Å². The maximum absolute atomic E-state index is 14.8. The molecule has 4 aromatic rings. The lowest BCUT2D eigenvalue weighted by Gasteiger charge is -2.11. The number of halogens is 2. The monoisotopic (exact) mass is 463 g/mol. The first-order valence-corrected chi connectivity index (χ1v) is 11.1. The summed E-state index contributed by atoms with van der Waals surface area (Å²) in [6.45, 7) is 4.01. The Kier molecular flexibility index (Phi) is 5.87. The minimum atomic E-state index is -0.660. The largest absolute Gasteiger partial charge is 0.494 e. The van der Waals surface area contributed by atoms with E-state index in [9.17, 15) is 8.78 Å². The summed E-state index contributed by atoms with van der Waals surface area (Å²) >= 11 is 0. The first-order valence-electron chi connectivity index (χ1n) is 11.1. The van der Waals surface area contributed by atoms with Gasteiger partial charge >= 0.3 is 0 Å². The van der Waals surface area contributed by atoms with Crippen LogP contribution in [0.25, 0.3) is 11.5 Å². The molecule has 0 bridgehead atoms. The molecule has 8 nitrogen and oxygen atoms in total. The summed E-state index contributed by atoms with van der Waals surface area (Å²) in [6, 6.07) is 5.88. The zero-order valence-corrected chi connectivity index (χ0v) is 18.8. The van der Waals surface area contributed by atoms with Crippen molar-refractivity contribution in [1.29, 1.82) is 0 Å². The van der Waals surface area contributed by atoms with Gasteiger partial charge in [-0.15, -0.1) is 0 Å². The number of hydrogen-bond donors (Lipinski definition) is 1. The molecular weight excluding hydrogens is 440 g/mol. The van der Waals surface area contributed by atoms with Crippen LogP contribution in [0.2, 0.25) is 0 Å². The fourth-order valence-electron chi connectivity index (χ4n) is 3.94. The molecule has 1 aliphatic rings. The van der Waals surface area contributed by atoms with E-state index in [1.807, 2.05) is 6.92 Å². The second-order valence-corrected chi connectivity index (χ2v) is 8.07. The summed E-state index contributed by atoms with van der Waals surface area (Å²) in [7, 11) is 0. The lowest BCUT2D eigenvalue weighted by Crippen LogP contribution is -2.10. The van der Waals surface area contributed by atoms with Crippen molar-refractivity contribution in [2.75, 3.05) is 11.9 Å². The lowest BCUT2D eigenvalue weighted by molar-refractivity contribution is 0.335. The predicted molar refractivity (Wildman–Crippen MR) is 122 cm³/mol. The first-order chi connectivity index (χ1) is 16.5. The van der Waals surface area contributed by atoms with Gasteiger partial charge in [-0.2, -0.15) is 5.10 Å². The molecule has 0 aliphatic heterocycles. The topological polar surface area (TPSA) is 90.6 Å². The Morgan fingerprint density at radius 2 is 1.85 bits per heavy atom. The molecular formula is C24H23F2N7O. The molecule has 5 rings (SSSR count). The molecule has 1 saturated carbocycles. The van der Waals surface area contributed by atoms with Crippen molar-refractivity contribution in [3.63, 3.8) is 0 Å². The van der Waals surface area contributed by atoms with Crippen LogP contribution in [0.3, 0.4) is 0 Å². The van der Waals surface area contributed by atoms with Gasteiger partial charge in [-0.3, -0.25) is 4.68 Å². The molecule has 0 unspecified atom stereocenters. The van der Waals surface area contributed by atoms with Crippen molar-refractivity contribution in [3.8, 4) is 17.3 Å². The van der Waals surface area contributed by atoms with Gasteiger partial charge in [0.25, 0.3) is 0 Å². The van der Waals surface area contributed by atoms with E-state index in [1.54, 1.807) is 36.1 Å². The fourth-order valence-corrected chi connectivity index (χ4v) is 3.94. The number of ether oxygens (including phenoxy) is 1. The molecule has 0 saturated heterocycles. The third-order valence-corrected chi connectivity index (χ3v) is 5.64. The average molecular weight is 463 g/mol. The Balaban J connectivity index is 1.49. The third-order valence-electron chi connectivity index (χ3n) is 5.64. The highest BCUT2D eigenvalue weighted by atomic mass is 19.1. The molecule has 1 fully saturated rings. The van der Waals surface area contributed by atoms with Crippen LogP contribution in [0, 0.1) is 18.6 Å². The van der Waals surface area contributed by atoms with Crippen LogP contribution < -0.4 is 10.1 Å². The zero-order chi connectivity index (χ0) is 23.7. The molecule has 1 aromatic carbocycles.